The number of aromatic nitrogens is 4. The molecule has 3 aliphatic heterocycles. The van der Waals surface area contributed by atoms with Gasteiger partial charge >= 0.3 is 0 Å². The molecule has 4 aromatic rings. The smallest absolute Gasteiger partial charge is 0.124 e. The van der Waals surface area contributed by atoms with Crippen LogP contribution >= 0.6 is 0 Å². The Balaban J connectivity index is 1.13. The third-order valence-electron chi connectivity index (χ3n) is 8.30. The number of H-pyrrole nitrogens is 2. The molecule has 4 atom stereocenters. The highest BCUT2D eigenvalue weighted by atomic mass is 15.2. The molecule has 7 rings (SSSR count). The van der Waals surface area contributed by atoms with Gasteiger partial charge in [-0.15, -0.1) is 0 Å². The summed E-state index contributed by atoms with van der Waals surface area (Å²) >= 11 is 0. The van der Waals surface area contributed by atoms with E-state index in [-0.39, 0.29) is 0 Å². The van der Waals surface area contributed by atoms with Crippen molar-refractivity contribution in [3.05, 3.63) is 59.2 Å². The van der Waals surface area contributed by atoms with Gasteiger partial charge in [0.2, 0.25) is 0 Å². The fraction of sp³-hybridized carbons (Fsp3) is 0.481. The number of likely N-dealkylation sites (tertiary alicyclic amines) is 1. The van der Waals surface area contributed by atoms with E-state index in [9.17, 15) is 0 Å². The molecule has 2 aromatic carbocycles. The lowest BCUT2D eigenvalue weighted by Gasteiger charge is -2.26. The monoisotopic (exact) mass is 455 g/mol. The number of nitrogens with zero attached hydrogens (tertiary/aromatic N) is 3. The van der Waals surface area contributed by atoms with Gasteiger partial charge in [-0.3, -0.25) is 4.90 Å². The van der Waals surface area contributed by atoms with Crippen molar-refractivity contribution in [3.8, 4) is 0 Å². The molecular weight excluding hydrogens is 422 g/mol. The summed E-state index contributed by atoms with van der Waals surface area (Å²) in [5.41, 5.74) is 7.22. The van der Waals surface area contributed by atoms with E-state index in [4.69, 9.17) is 9.97 Å². The van der Waals surface area contributed by atoms with Crippen LogP contribution in [0.15, 0.2) is 36.4 Å². The van der Waals surface area contributed by atoms with E-state index in [1.54, 1.807) is 0 Å². The average Bonchev–Trinajstić information content (AvgIpc) is 3.66. The van der Waals surface area contributed by atoms with Crippen LogP contribution in [0.5, 0.6) is 0 Å². The SMILES string of the molecule is CN1[C@@H](c2ccc3nc([C@@H]4CCCN4)[nH]c3c2)CC[C@H]1c1ccc2nc([C@@H]3CCCN3)[nH]c2c1. The highest BCUT2D eigenvalue weighted by molar-refractivity contribution is 5.77. The number of imidazole rings is 2. The van der Waals surface area contributed by atoms with Crippen LogP contribution in [0.1, 0.15) is 85.5 Å². The highest BCUT2D eigenvalue weighted by Gasteiger charge is 2.33. The number of nitrogens with one attached hydrogen (secondary N) is 4. The highest BCUT2D eigenvalue weighted by Crippen LogP contribution is 2.43. The van der Waals surface area contributed by atoms with Gasteiger partial charge < -0.3 is 20.6 Å². The molecule has 5 heterocycles. The van der Waals surface area contributed by atoms with E-state index < -0.39 is 0 Å². The van der Waals surface area contributed by atoms with Crippen molar-refractivity contribution >= 4 is 22.1 Å². The van der Waals surface area contributed by atoms with Gasteiger partial charge in [0.1, 0.15) is 11.6 Å². The summed E-state index contributed by atoms with van der Waals surface area (Å²) in [5.74, 6) is 2.17. The number of hydrogen-bond acceptors (Lipinski definition) is 5. The van der Waals surface area contributed by atoms with Crippen LogP contribution in [0, 0.1) is 0 Å². The lowest BCUT2D eigenvalue weighted by Crippen LogP contribution is -2.21. The van der Waals surface area contributed by atoms with Crippen LogP contribution in [0.25, 0.3) is 22.1 Å². The number of rotatable bonds is 4. The first-order chi connectivity index (χ1) is 16.7. The summed E-state index contributed by atoms with van der Waals surface area (Å²) in [7, 11) is 2.28. The third-order valence-corrected chi connectivity index (χ3v) is 8.30. The molecule has 0 saturated carbocycles. The van der Waals surface area contributed by atoms with Gasteiger partial charge in [-0.25, -0.2) is 9.97 Å². The van der Waals surface area contributed by atoms with Crippen molar-refractivity contribution in [1.29, 1.82) is 0 Å². The normalized spacial score (nSPS) is 28.0. The largest absolute Gasteiger partial charge is 0.341 e. The van der Waals surface area contributed by atoms with E-state index in [2.05, 4.69) is 68.9 Å². The molecule has 0 spiro atoms. The molecule has 2 aromatic heterocycles. The van der Waals surface area contributed by atoms with Crippen molar-refractivity contribution in [1.82, 2.24) is 35.5 Å². The summed E-state index contributed by atoms with van der Waals surface area (Å²) in [5, 5.41) is 7.10. The van der Waals surface area contributed by atoms with Crippen molar-refractivity contribution in [2.45, 2.75) is 62.7 Å². The van der Waals surface area contributed by atoms with E-state index in [1.165, 1.54) is 36.8 Å². The Hall–Kier alpha value is -2.74. The number of fused-ring (bicyclic) bond motifs is 2. The quantitative estimate of drug-likeness (QED) is 0.355. The predicted molar refractivity (Wildman–Crippen MR) is 135 cm³/mol. The third kappa shape index (κ3) is 3.45. The average molecular weight is 456 g/mol. The Kier molecular flexibility index (Phi) is 4.96. The topological polar surface area (TPSA) is 84.7 Å². The molecule has 0 amide bonds. The van der Waals surface area contributed by atoms with Gasteiger partial charge in [-0.05, 0) is 94.1 Å². The molecule has 0 bridgehead atoms. The van der Waals surface area contributed by atoms with Gasteiger partial charge in [0.15, 0.2) is 0 Å². The van der Waals surface area contributed by atoms with Crippen molar-refractivity contribution in [2.24, 2.45) is 0 Å². The standard InChI is InChI=1S/C27H33N7/c1-34-24(16-6-8-18-22(14-16)32-26(30-18)20-4-2-12-28-20)10-11-25(34)17-7-9-19-23(15-17)33-27(31-19)21-5-3-13-29-21/h6-9,14-15,20-21,24-25,28-29H,2-5,10-13H2,1H3,(H,30,32)(H,31,33)/t20-,21-,24-,25+/m0/s1. The van der Waals surface area contributed by atoms with Gasteiger partial charge in [-0.2, -0.15) is 0 Å². The summed E-state index contributed by atoms with van der Waals surface area (Å²) < 4.78 is 0. The second-order valence-electron chi connectivity index (χ2n) is 10.4. The molecule has 7 nitrogen and oxygen atoms in total. The Labute approximate surface area is 199 Å². The molecule has 34 heavy (non-hydrogen) atoms. The first-order valence-electron chi connectivity index (χ1n) is 12.9. The van der Waals surface area contributed by atoms with Crippen LogP contribution in [0.2, 0.25) is 0 Å². The van der Waals surface area contributed by atoms with Crippen LogP contribution in [0.4, 0.5) is 0 Å². The van der Waals surface area contributed by atoms with Gasteiger partial charge in [0.05, 0.1) is 34.2 Å². The molecule has 176 valence electrons. The van der Waals surface area contributed by atoms with Crippen molar-refractivity contribution < 1.29 is 0 Å². The summed E-state index contributed by atoms with van der Waals surface area (Å²) in [6.45, 7) is 2.18. The molecular formula is C27H33N7. The zero-order chi connectivity index (χ0) is 22.6. The molecule has 7 heteroatoms. The minimum absolute atomic E-state index is 0.372. The van der Waals surface area contributed by atoms with Crippen molar-refractivity contribution in [2.75, 3.05) is 20.1 Å². The first kappa shape index (κ1) is 20.6. The Morgan fingerprint density at radius 3 is 1.65 bits per heavy atom. The van der Waals surface area contributed by atoms with Gasteiger partial charge in [-0.1, -0.05) is 12.1 Å². The number of aromatic amines is 2. The molecule has 4 N–H and O–H groups in total. The lowest BCUT2D eigenvalue weighted by molar-refractivity contribution is 0.246. The van der Waals surface area contributed by atoms with E-state index in [0.29, 0.717) is 24.2 Å². The zero-order valence-electron chi connectivity index (χ0n) is 19.8. The first-order valence-corrected chi connectivity index (χ1v) is 12.9. The van der Waals surface area contributed by atoms with Crippen molar-refractivity contribution in [3.63, 3.8) is 0 Å². The molecule has 3 aliphatic rings. The summed E-state index contributed by atoms with van der Waals surface area (Å²) in [6.07, 6.45) is 7.11. The number of benzene rings is 2. The predicted octanol–water partition coefficient (Wildman–Crippen LogP) is 4.80. The van der Waals surface area contributed by atoms with E-state index >= 15 is 0 Å². The van der Waals surface area contributed by atoms with Crippen LogP contribution in [-0.4, -0.2) is 45.0 Å². The molecule has 0 aliphatic carbocycles. The maximum atomic E-state index is 4.86. The summed E-state index contributed by atoms with van der Waals surface area (Å²) in [4.78, 5) is 19.5. The Morgan fingerprint density at radius 1 is 0.706 bits per heavy atom. The van der Waals surface area contributed by atoms with Gasteiger partial charge in [0.25, 0.3) is 0 Å². The second kappa shape index (κ2) is 8.18. The molecule has 3 fully saturated rings. The molecule has 0 unspecified atom stereocenters. The van der Waals surface area contributed by atoms with Crippen LogP contribution in [-0.2, 0) is 0 Å². The lowest BCUT2D eigenvalue weighted by atomic mass is 10.0. The van der Waals surface area contributed by atoms with Crippen LogP contribution in [0.3, 0.4) is 0 Å². The minimum Gasteiger partial charge on any atom is -0.341 e. The molecule has 0 radical (unpaired) electrons. The maximum Gasteiger partial charge on any atom is 0.124 e. The van der Waals surface area contributed by atoms with Gasteiger partial charge in [0, 0.05) is 12.1 Å². The number of hydrogen-bond donors (Lipinski definition) is 4. The fourth-order valence-electron chi connectivity index (χ4n) is 6.42. The fourth-order valence-corrected chi connectivity index (χ4v) is 6.42. The van der Waals surface area contributed by atoms with E-state index in [0.717, 1.165) is 59.6 Å². The second-order valence-corrected chi connectivity index (χ2v) is 10.4. The van der Waals surface area contributed by atoms with E-state index in [1.807, 2.05) is 0 Å². The maximum absolute atomic E-state index is 4.86. The minimum atomic E-state index is 0.372. The molecule has 3 saturated heterocycles. The summed E-state index contributed by atoms with van der Waals surface area (Å²) in [6, 6.07) is 15.2. The Bertz CT molecular complexity index is 1220. The Morgan fingerprint density at radius 2 is 1.21 bits per heavy atom. The zero-order valence-corrected chi connectivity index (χ0v) is 19.8. The van der Waals surface area contributed by atoms with Crippen LogP contribution < -0.4 is 10.6 Å².